The van der Waals surface area contributed by atoms with Crippen LogP contribution in [0.3, 0.4) is 0 Å². The third-order valence-corrected chi connectivity index (χ3v) is 3.87. The molecule has 94 valence electrons. The summed E-state index contributed by atoms with van der Waals surface area (Å²) < 4.78 is 5.57. The maximum atomic E-state index is 11.0. The first-order valence-electron chi connectivity index (χ1n) is 5.76. The molecule has 0 amide bonds. The lowest BCUT2D eigenvalue weighted by molar-refractivity contribution is 0.0697. The lowest BCUT2D eigenvalue weighted by Crippen LogP contribution is -2.28. The van der Waals surface area contributed by atoms with Gasteiger partial charge in [0, 0.05) is 19.7 Å². The van der Waals surface area contributed by atoms with Crippen molar-refractivity contribution in [3.05, 3.63) is 21.9 Å². The van der Waals surface area contributed by atoms with E-state index in [1.165, 1.54) is 11.3 Å². The molecule has 1 atom stereocenters. The van der Waals surface area contributed by atoms with E-state index in [0.29, 0.717) is 17.5 Å². The molecule has 0 radical (unpaired) electrons. The molecule has 1 aromatic rings. The molecule has 0 aliphatic carbocycles. The Morgan fingerprint density at radius 1 is 1.71 bits per heavy atom. The summed E-state index contributed by atoms with van der Waals surface area (Å²) in [5, 5.41) is 10.9. The van der Waals surface area contributed by atoms with Crippen LogP contribution in [0.4, 0.5) is 0 Å². The van der Waals surface area contributed by atoms with Crippen LogP contribution in [-0.2, 0) is 11.3 Å². The van der Waals surface area contributed by atoms with Crippen molar-refractivity contribution in [2.24, 2.45) is 0 Å². The highest BCUT2D eigenvalue weighted by molar-refractivity contribution is 7.12. The number of ether oxygens (including phenoxy) is 1. The fraction of sp³-hybridized carbons (Fsp3) is 0.583. The molecule has 1 saturated heterocycles. The zero-order valence-electron chi connectivity index (χ0n) is 9.89. The minimum absolute atomic E-state index is 0.312. The second kappa shape index (κ2) is 5.62. The van der Waals surface area contributed by atoms with Crippen molar-refractivity contribution in [2.75, 3.05) is 20.2 Å². The minimum atomic E-state index is -0.833. The van der Waals surface area contributed by atoms with Crippen molar-refractivity contribution in [3.63, 3.8) is 0 Å². The highest BCUT2D eigenvalue weighted by atomic mass is 32.1. The van der Waals surface area contributed by atoms with Gasteiger partial charge in [0.15, 0.2) is 0 Å². The maximum absolute atomic E-state index is 11.0. The normalized spacial score (nSPS) is 20.0. The number of thiophene rings is 1. The summed E-state index contributed by atoms with van der Waals surface area (Å²) in [5.41, 5.74) is 0.892. The van der Waals surface area contributed by atoms with Gasteiger partial charge in [-0.25, -0.2) is 4.79 Å². The van der Waals surface area contributed by atoms with Gasteiger partial charge in [-0.15, -0.1) is 11.3 Å². The number of hydrogen-bond donors (Lipinski definition) is 1. The van der Waals surface area contributed by atoms with Crippen molar-refractivity contribution in [3.8, 4) is 0 Å². The Labute approximate surface area is 105 Å². The van der Waals surface area contributed by atoms with E-state index >= 15 is 0 Å². The van der Waals surface area contributed by atoms with E-state index in [2.05, 4.69) is 4.90 Å². The van der Waals surface area contributed by atoms with Gasteiger partial charge in [-0.1, -0.05) is 0 Å². The molecule has 1 aliphatic heterocycles. The largest absolute Gasteiger partial charge is 0.477 e. The van der Waals surface area contributed by atoms with Crippen LogP contribution in [0.1, 0.15) is 28.1 Å². The van der Waals surface area contributed by atoms with Crippen LogP contribution in [0.25, 0.3) is 0 Å². The second-order valence-electron chi connectivity index (χ2n) is 4.41. The molecule has 1 fully saturated rings. The standard InChI is InChI=1S/C12H17NO3S/c1-13(8-10-3-2-5-16-10)7-9-4-6-17-11(9)12(14)15/h4,6,10H,2-3,5,7-8H2,1H3,(H,14,15). The van der Waals surface area contributed by atoms with E-state index in [1.807, 2.05) is 18.5 Å². The second-order valence-corrected chi connectivity index (χ2v) is 5.33. The molecule has 1 aliphatic rings. The summed E-state index contributed by atoms with van der Waals surface area (Å²) in [6.07, 6.45) is 2.56. The number of aromatic carboxylic acids is 1. The summed E-state index contributed by atoms with van der Waals surface area (Å²) in [7, 11) is 2.00. The molecular formula is C12H17NO3S. The Balaban J connectivity index is 1.90. The van der Waals surface area contributed by atoms with Gasteiger partial charge in [-0.2, -0.15) is 0 Å². The van der Waals surface area contributed by atoms with E-state index in [9.17, 15) is 4.79 Å². The number of carboxylic acid groups (broad SMARTS) is 1. The molecule has 1 N–H and O–H groups in total. The summed E-state index contributed by atoms with van der Waals surface area (Å²) >= 11 is 1.28. The number of carboxylic acids is 1. The third-order valence-electron chi connectivity index (χ3n) is 2.92. The zero-order chi connectivity index (χ0) is 12.3. The van der Waals surface area contributed by atoms with Gasteiger partial charge in [0.1, 0.15) is 4.88 Å². The molecule has 2 heterocycles. The topological polar surface area (TPSA) is 49.8 Å². The number of nitrogens with zero attached hydrogens (tertiary/aromatic N) is 1. The predicted octanol–water partition coefficient (Wildman–Crippen LogP) is 2.06. The number of hydrogen-bond acceptors (Lipinski definition) is 4. The van der Waals surface area contributed by atoms with Gasteiger partial charge < -0.3 is 9.84 Å². The minimum Gasteiger partial charge on any atom is -0.477 e. The van der Waals surface area contributed by atoms with Gasteiger partial charge in [0.05, 0.1) is 6.10 Å². The third kappa shape index (κ3) is 3.28. The molecule has 0 saturated carbocycles. The molecular weight excluding hydrogens is 238 g/mol. The molecule has 5 heteroatoms. The summed E-state index contributed by atoms with van der Waals surface area (Å²) in [5.74, 6) is -0.833. The van der Waals surface area contributed by atoms with Crippen LogP contribution in [0.2, 0.25) is 0 Å². The van der Waals surface area contributed by atoms with Crippen LogP contribution in [-0.4, -0.2) is 42.3 Å². The van der Waals surface area contributed by atoms with E-state index < -0.39 is 5.97 Å². The number of rotatable bonds is 5. The van der Waals surface area contributed by atoms with Crippen molar-refractivity contribution in [1.82, 2.24) is 4.90 Å². The summed E-state index contributed by atoms with van der Waals surface area (Å²) in [4.78, 5) is 13.6. The van der Waals surface area contributed by atoms with Gasteiger partial charge in [-0.05, 0) is 36.9 Å². The van der Waals surface area contributed by atoms with E-state index in [1.54, 1.807) is 0 Å². The number of likely N-dealkylation sites (N-methyl/N-ethyl adjacent to an activating group) is 1. The Kier molecular flexibility index (Phi) is 4.15. The van der Waals surface area contributed by atoms with Crippen LogP contribution >= 0.6 is 11.3 Å². The summed E-state index contributed by atoms with van der Waals surface area (Å²) in [6, 6.07) is 1.89. The Morgan fingerprint density at radius 3 is 3.18 bits per heavy atom. The average molecular weight is 255 g/mol. The Morgan fingerprint density at radius 2 is 2.53 bits per heavy atom. The van der Waals surface area contributed by atoms with Crippen LogP contribution in [0, 0.1) is 0 Å². The predicted molar refractivity (Wildman–Crippen MR) is 66.6 cm³/mol. The average Bonchev–Trinajstić information content (AvgIpc) is 2.88. The van der Waals surface area contributed by atoms with Crippen LogP contribution < -0.4 is 0 Å². The molecule has 1 unspecified atom stereocenters. The molecule has 4 nitrogen and oxygen atoms in total. The monoisotopic (exact) mass is 255 g/mol. The quantitative estimate of drug-likeness (QED) is 0.875. The van der Waals surface area contributed by atoms with E-state index in [-0.39, 0.29) is 0 Å². The molecule has 0 aromatic carbocycles. The maximum Gasteiger partial charge on any atom is 0.346 e. The first-order chi connectivity index (χ1) is 8.16. The summed E-state index contributed by atoms with van der Waals surface area (Å²) in [6.45, 7) is 2.40. The Bertz CT molecular complexity index is 385. The van der Waals surface area contributed by atoms with E-state index in [0.717, 1.165) is 31.6 Å². The van der Waals surface area contributed by atoms with Gasteiger partial charge in [0.25, 0.3) is 0 Å². The van der Waals surface area contributed by atoms with E-state index in [4.69, 9.17) is 9.84 Å². The van der Waals surface area contributed by atoms with Crippen LogP contribution in [0.5, 0.6) is 0 Å². The molecule has 2 rings (SSSR count). The van der Waals surface area contributed by atoms with Gasteiger partial charge in [0.2, 0.25) is 0 Å². The SMILES string of the molecule is CN(Cc1ccsc1C(=O)O)CC1CCCO1. The lowest BCUT2D eigenvalue weighted by Gasteiger charge is -2.20. The number of carbonyl (C=O) groups is 1. The van der Waals surface area contributed by atoms with Gasteiger partial charge in [-0.3, -0.25) is 4.90 Å². The molecule has 17 heavy (non-hydrogen) atoms. The van der Waals surface area contributed by atoms with Crippen molar-refractivity contribution < 1.29 is 14.6 Å². The zero-order valence-corrected chi connectivity index (χ0v) is 10.7. The lowest BCUT2D eigenvalue weighted by atomic mass is 10.2. The Hall–Kier alpha value is -0.910. The smallest absolute Gasteiger partial charge is 0.346 e. The first kappa shape index (κ1) is 12.5. The van der Waals surface area contributed by atoms with Crippen molar-refractivity contribution in [1.29, 1.82) is 0 Å². The van der Waals surface area contributed by atoms with Crippen molar-refractivity contribution >= 4 is 17.3 Å². The van der Waals surface area contributed by atoms with Crippen molar-refractivity contribution in [2.45, 2.75) is 25.5 Å². The molecule has 0 bridgehead atoms. The van der Waals surface area contributed by atoms with Crippen LogP contribution in [0.15, 0.2) is 11.4 Å². The first-order valence-corrected chi connectivity index (χ1v) is 6.64. The highest BCUT2D eigenvalue weighted by Gasteiger charge is 2.19. The van der Waals surface area contributed by atoms with Gasteiger partial charge >= 0.3 is 5.97 Å². The molecule has 1 aromatic heterocycles. The fourth-order valence-electron chi connectivity index (χ4n) is 2.14. The molecule has 0 spiro atoms. The fourth-order valence-corrected chi connectivity index (χ4v) is 2.89. The highest BCUT2D eigenvalue weighted by Crippen LogP contribution is 2.19.